The molecular weight excluding hydrogens is 228 g/mol. The van der Waals surface area contributed by atoms with Gasteiger partial charge in [-0.3, -0.25) is 15.6 Å². The molecule has 0 bridgehead atoms. The lowest BCUT2D eigenvalue weighted by Crippen LogP contribution is -2.27. The molecule has 5 nitrogen and oxygen atoms in total. The third-order valence-corrected chi connectivity index (χ3v) is 2.66. The van der Waals surface area contributed by atoms with E-state index in [4.69, 9.17) is 5.84 Å². The van der Waals surface area contributed by atoms with Crippen molar-refractivity contribution in [1.82, 2.24) is 4.98 Å². The maximum atomic E-state index is 12.3. The molecule has 0 aliphatic heterocycles. The average molecular weight is 242 g/mol. The molecule has 0 aliphatic rings. The van der Waals surface area contributed by atoms with Crippen molar-refractivity contribution in [2.45, 2.75) is 0 Å². The zero-order valence-electron chi connectivity index (χ0n) is 10.00. The van der Waals surface area contributed by atoms with Crippen molar-refractivity contribution >= 4 is 17.3 Å². The molecule has 1 heterocycles. The monoisotopic (exact) mass is 242 g/mol. The lowest BCUT2D eigenvalue weighted by atomic mass is 10.2. The Morgan fingerprint density at radius 1 is 1.28 bits per heavy atom. The van der Waals surface area contributed by atoms with E-state index in [1.165, 1.54) is 6.20 Å². The normalized spacial score (nSPS) is 9.89. The van der Waals surface area contributed by atoms with Crippen LogP contribution in [0, 0.1) is 0 Å². The van der Waals surface area contributed by atoms with Crippen LogP contribution in [0.3, 0.4) is 0 Å². The van der Waals surface area contributed by atoms with Gasteiger partial charge in [-0.25, -0.2) is 0 Å². The van der Waals surface area contributed by atoms with Gasteiger partial charge in [0.15, 0.2) is 0 Å². The number of hydrogen-bond donors (Lipinski definition) is 2. The number of carbonyl (C=O) groups excluding carboxylic acids is 1. The molecule has 18 heavy (non-hydrogen) atoms. The van der Waals surface area contributed by atoms with E-state index in [9.17, 15) is 4.79 Å². The Balaban J connectivity index is 2.32. The molecule has 0 saturated heterocycles. The van der Waals surface area contributed by atoms with Crippen molar-refractivity contribution < 1.29 is 4.79 Å². The number of hydrazine groups is 1. The summed E-state index contributed by atoms with van der Waals surface area (Å²) in [5, 5.41) is 0. The van der Waals surface area contributed by atoms with Crippen LogP contribution >= 0.6 is 0 Å². The maximum absolute atomic E-state index is 12.3. The Morgan fingerprint density at radius 2 is 2.00 bits per heavy atom. The summed E-state index contributed by atoms with van der Waals surface area (Å²) in [6, 6.07) is 11.0. The van der Waals surface area contributed by atoms with Gasteiger partial charge in [0.2, 0.25) is 0 Å². The van der Waals surface area contributed by atoms with Crippen LogP contribution in [0.2, 0.25) is 0 Å². The van der Waals surface area contributed by atoms with E-state index in [0.717, 1.165) is 5.69 Å². The van der Waals surface area contributed by atoms with Gasteiger partial charge in [-0.15, -0.1) is 0 Å². The van der Waals surface area contributed by atoms with Crippen molar-refractivity contribution in [2.75, 3.05) is 17.4 Å². The van der Waals surface area contributed by atoms with Crippen LogP contribution in [-0.4, -0.2) is 17.9 Å². The van der Waals surface area contributed by atoms with Gasteiger partial charge >= 0.3 is 0 Å². The number of nitrogen functional groups attached to an aromatic ring is 1. The largest absolute Gasteiger partial charge is 0.322 e. The average Bonchev–Trinajstić information content (AvgIpc) is 2.46. The lowest BCUT2D eigenvalue weighted by Gasteiger charge is -2.18. The summed E-state index contributed by atoms with van der Waals surface area (Å²) >= 11 is 0. The molecule has 0 atom stereocenters. The Kier molecular flexibility index (Phi) is 3.54. The molecule has 1 amide bonds. The minimum Gasteiger partial charge on any atom is -0.322 e. The van der Waals surface area contributed by atoms with Crippen molar-refractivity contribution in [3.05, 3.63) is 54.4 Å². The van der Waals surface area contributed by atoms with Crippen LogP contribution in [0.5, 0.6) is 0 Å². The van der Waals surface area contributed by atoms with E-state index in [-0.39, 0.29) is 5.91 Å². The second-order valence-corrected chi connectivity index (χ2v) is 3.77. The highest BCUT2D eigenvalue weighted by Gasteiger charge is 2.16. The van der Waals surface area contributed by atoms with Crippen LogP contribution in [0.1, 0.15) is 10.4 Å². The fourth-order valence-electron chi connectivity index (χ4n) is 1.65. The number of benzene rings is 1. The molecule has 2 aromatic rings. The summed E-state index contributed by atoms with van der Waals surface area (Å²) < 4.78 is 0. The second kappa shape index (κ2) is 5.29. The third-order valence-electron chi connectivity index (χ3n) is 2.66. The van der Waals surface area contributed by atoms with Gasteiger partial charge in [-0.05, 0) is 18.2 Å². The lowest BCUT2D eigenvalue weighted by molar-refractivity contribution is 0.0993. The molecule has 0 radical (unpaired) electrons. The Hall–Kier alpha value is -2.40. The highest BCUT2D eigenvalue weighted by Crippen LogP contribution is 2.18. The molecule has 0 unspecified atom stereocenters. The Morgan fingerprint density at radius 3 is 2.67 bits per heavy atom. The van der Waals surface area contributed by atoms with Crippen LogP contribution in [0.15, 0.2) is 48.8 Å². The molecule has 0 spiro atoms. The van der Waals surface area contributed by atoms with Gasteiger partial charge < -0.3 is 10.3 Å². The van der Waals surface area contributed by atoms with E-state index in [2.05, 4.69) is 10.4 Å². The zero-order chi connectivity index (χ0) is 13.0. The second-order valence-electron chi connectivity index (χ2n) is 3.77. The number of aromatic nitrogens is 1. The number of pyridine rings is 1. The van der Waals surface area contributed by atoms with Crippen molar-refractivity contribution in [2.24, 2.45) is 5.84 Å². The first-order valence-corrected chi connectivity index (χ1v) is 5.47. The molecule has 1 aromatic heterocycles. The first-order valence-electron chi connectivity index (χ1n) is 5.47. The zero-order valence-corrected chi connectivity index (χ0v) is 10.00. The number of nitrogens with one attached hydrogen (secondary N) is 1. The third kappa shape index (κ3) is 2.31. The first kappa shape index (κ1) is 12.1. The summed E-state index contributed by atoms with van der Waals surface area (Å²) in [5.74, 6) is 5.22. The van der Waals surface area contributed by atoms with Gasteiger partial charge in [0.1, 0.15) is 0 Å². The molecule has 5 heteroatoms. The predicted octanol–water partition coefficient (Wildman–Crippen LogP) is 1.64. The topological polar surface area (TPSA) is 71.2 Å². The van der Waals surface area contributed by atoms with E-state index >= 15 is 0 Å². The summed E-state index contributed by atoms with van der Waals surface area (Å²) in [6.45, 7) is 0. The number of carbonyl (C=O) groups is 1. The van der Waals surface area contributed by atoms with E-state index in [1.807, 2.05) is 30.3 Å². The molecule has 1 aromatic carbocycles. The highest BCUT2D eigenvalue weighted by molar-refractivity contribution is 6.09. The number of amides is 1. The van der Waals surface area contributed by atoms with Gasteiger partial charge in [0.25, 0.3) is 5.91 Å². The molecule has 0 saturated carbocycles. The van der Waals surface area contributed by atoms with Crippen molar-refractivity contribution in [3.63, 3.8) is 0 Å². The smallest absolute Gasteiger partial charge is 0.260 e. The fourth-order valence-corrected chi connectivity index (χ4v) is 1.65. The quantitative estimate of drug-likeness (QED) is 0.634. The number of anilines is 2. The first-order chi connectivity index (χ1) is 8.74. The fraction of sp³-hybridized carbons (Fsp3) is 0.0769. The van der Waals surface area contributed by atoms with E-state index in [1.54, 1.807) is 24.2 Å². The standard InChI is InChI=1S/C13H14N4O/c1-17(10-5-3-2-4-6-10)13(18)11-7-8-15-9-12(11)16-14/h2-9,16H,14H2,1H3. The minimum absolute atomic E-state index is 0.142. The van der Waals surface area contributed by atoms with Crippen molar-refractivity contribution in [1.29, 1.82) is 0 Å². The Labute approximate surface area is 105 Å². The summed E-state index contributed by atoms with van der Waals surface area (Å²) in [5.41, 5.74) is 4.28. The number of nitrogens with two attached hydrogens (primary N) is 1. The van der Waals surface area contributed by atoms with Crippen LogP contribution in [0.4, 0.5) is 11.4 Å². The summed E-state index contributed by atoms with van der Waals surface area (Å²) in [4.78, 5) is 17.8. The predicted molar refractivity (Wildman–Crippen MR) is 71.2 cm³/mol. The number of rotatable bonds is 3. The summed E-state index contributed by atoms with van der Waals surface area (Å²) in [6.07, 6.45) is 3.08. The molecule has 3 N–H and O–H groups in total. The molecule has 92 valence electrons. The van der Waals surface area contributed by atoms with Gasteiger partial charge in [0, 0.05) is 18.9 Å². The number of para-hydroxylation sites is 1. The maximum Gasteiger partial charge on any atom is 0.260 e. The molecule has 0 aliphatic carbocycles. The van der Waals surface area contributed by atoms with E-state index in [0.29, 0.717) is 11.3 Å². The minimum atomic E-state index is -0.142. The van der Waals surface area contributed by atoms with Gasteiger partial charge in [-0.1, -0.05) is 18.2 Å². The number of hydrogen-bond acceptors (Lipinski definition) is 4. The van der Waals surface area contributed by atoms with Gasteiger partial charge in [0.05, 0.1) is 17.4 Å². The SMILES string of the molecule is CN(C(=O)c1ccncc1NN)c1ccccc1. The van der Waals surface area contributed by atoms with Gasteiger partial charge in [-0.2, -0.15) is 0 Å². The summed E-state index contributed by atoms with van der Waals surface area (Å²) in [7, 11) is 1.72. The highest BCUT2D eigenvalue weighted by atomic mass is 16.2. The Bertz CT molecular complexity index is 542. The molecular formula is C13H14N4O. The molecule has 2 rings (SSSR count). The van der Waals surface area contributed by atoms with Crippen LogP contribution < -0.4 is 16.2 Å². The van der Waals surface area contributed by atoms with Crippen LogP contribution in [-0.2, 0) is 0 Å². The van der Waals surface area contributed by atoms with Crippen LogP contribution in [0.25, 0.3) is 0 Å². The number of nitrogens with zero attached hydrogens (tertiary/aromatic N) is 2. The van der Waals surface area contributed by atoms with E-state index < -0.39 is 0 Å². The van der Waals surface area contributed by atoms with Crippen molar-refractivity contribution in [3.8, 4) is 0 Å². The molecule has 0 fully saturated rings.